The van der Waals surface area contributed by atoms with Gasteiger partial charge in [0.2, 0.25) is 0 Å². The number of carbonyl (C=O) groups is 2. The standard InChI is InChI=1S/C21H21NO4/c1-4-17(24)18-19(14-5-7-16(23)8-6-14)22(21(26)20(18)25)15-10-12(2)9-13(3)11-15/h5-11,19,23,25H,4H2,1-3H3. The van der Waals surface area contributed by atoms with Crippen molar-refractivity contribution in [3.63, 3.8) is 0 Å². The monoisotopic (exact) mass is 351 g/mol. The van der Waals surface area contributed by atoms with Gasteiger partial charge < -0.3 is 10.2 Å². The maximum Gasteiger partial charge on any atom is 0.294 e. The lowest BCUT2D eigenvalue weighted by atomic mass is 9.94. The van der Waals surface area contributed by atoms with Crippen molar-refractivity contribution >= 4 is 17.4 Å². The normalized spacial score (nSPS) is 17.1. The summed E-state index contributed by atoms with van der Waals surface area (Å²) in [5, 5.41) is 20.0. The highest BCUT2D eigenvalue weighted by Gasteiger charge is 2.43. The highest BCUT2D eigenvalue weighted by Crippen LogP contribution is 2.42. The second-order valence-corrected chi connectivity index (χ2v) is 6.55. The Morgan fingerprint density at radius 2 is 1.62 bits per heavy atom. The van der Waals surface area contributed by atoms with Crippen LogP contribution in [0.2, 0.25) is 0 Å². The number of aryl methyl sites for hydroxylation is 2. The van der Waals surface area contributed by atoms with Crippen LogP contribution in [0.25, 0.3) is 0 Å². The first-order valence-corrected chi connectivity index (χ1v) is 8.50. The molecule has 134 valence electrons. The van der Waals surface area contributed by atoms with Crippen molar-refractivity contribution in [3.8, 4) is 5.75 Å². The lowest BCUT2D eigenvalue weighted by Crippen LogP contribution is -2.31. The molecule has 0 saturated heterocycles. The number of phenolic OH excluding ortho intramolecular Hbond substituents is 1. The number of hydrogen-bond donors (Lipinski definition) is 2. The van der Waals surface area contributed by atoms with Gasteiger partial charge >= 0.3 is 0 Å². The van der Waals surface area contributed by atoms with Gasteiger partial charge in [-0.3, -0.25) is 14.5 Å². The highest BCUT2D eigenvalue weighted by molar-refractivity contribution is 6.16. The first kappa shape index (κ1) is 17.7. The van der Waals surface area contributed by atoms with Gasteiger partial charge in [-0.05, 0) is 54.8 Å². The summed E-state index contributed by atoms with van der Waals surface area (Å²) < 4.78 is 0. The minimum absolute atomic E-state index is 0.0904. The average molecular weight is 351 g/mol. The third-order valence-corrected chi connectivity index (χ3v) is 4.52. The Kier molecular flexibility index (Phi) is 4.55. The Balaban J connectivity index is 2.20. The zero-order chi connectivity index (χ0) is 19.0. The van der Waals surface area contributed by atoms with Gasteiger partial charge in [0.05, 0.1) is 11.6 Å². The number of anilines is 1. The quantitative estimate of drug-likeness (QED) is 0.876. The van der Waals surface area contributed by atoms with Crippen LogP contribution in [0, 0.1) is 13.8 Å². The van der Waals surface area contributed by atoms with Gasteiger partial charge in [0, 0.05) is 12.1 Å². The molecule has 5 heteroatoms. The van der Waals surface area contributed by atoms with E-state index in [1.54, 1.807) is 19.1 Å². The van der Waals surface area contributed by atoms with E-state index < -0.39 is 17.7 Å². The average Bonchev–Trinajstić information content (AvgIpc) is 2.85. The fourth-order valence-corrected chi connectivity index (χ4v) is 3.41. The van der Waals surface area contributed by atoms with Gasteiger partial charge in [-0.2, -0.15) is 0 Å². The van der Waals surface area contributed by atoms with Crippen LogP contribution in [0.15, 0.2) is 53.8 Å². The Bertz CT molecular complexity index is 892. The van der Waals surface area contributed by atoms with E-state index in [4.69, 9.17) is 0 Å². The molecule has 1 atom stereocenters. The van der Waals surface area contributed by atoms with Crippen molar-refractivity contribution in [2.75, 3.05) is 4.90 Å². The Hall–Kier alpha value is -3.08. The molecule has 5 nitrogen and oxygen atoms in total. The van der Waals surface area contributed by atoms with E-state index in [-0.39, 0.29) is 23.5 Å². The molecule has 3 rings (SSSR count). The predicted molar refractivity (Wildman–Crippen MR) is 99.2 cm³/mol. The zero-order valence-electron chi connectivity index (χ0n) is 15.0. The van der Waals surface area contributed by atoms with Gasteiger partial charge in [-0.25, -0.2) is 0 Å². The number of ketones is 1. The Morgan fingerprint density at radius 3 is 2.15 bits per heavy atom. The predicted octanol–water partition coefficient (Wildman–Crippen LogP) is 3.89. The minimum Gasteiger partial charge on any atom is -0.508 e. The molecule has 1 aliphatic rings. The summed E-state index contributed by atoms with van der Waals surface area (Å²) in [7, 11) is 0. The molecule has 1 heterocycles. The van der Waals surface area contributed by atoms with Gasteiger partial charge in [0.1, 0.15) is 5.75 Å². The van der Waals surface area contributed by atoms with Crippen LogP contribution in [-0.2, 0) is 9.59 Å². The summed E-state index contributed by atoms with van der Waals surface area (Å²) in [5.41, 5.74) is 3.33. The van der Waals surface area contributed by atoms with E-state index in [0.29, 0.717) is 11.3 Å². The Morgan fingerprint density at radius 1 is 1.04 bits per heavy atom. The molecule has 0 saturated carbocycles. The second-order valence-electron chi connectivity index (χ2n) is 6.55. The lowest BCUT2D eigenvalue weighted by Gasteiger charge is -2.27. The van der Waals surface area contributed by atoms with Gasteiger partial charge in [-0.15, -0.1) is 0 Å². The topological polar surface area (TPSA) is 77.8 Å². The van der Waals surface area contributed by atoms with E-state index in [9.17, 15) is 19.8 Å². The molecular formula is C21H21NO4. The number of aliphatic hydroxyl groups excluding tert-OH is 1. The van der Waals surface area contributed by atoms with Gasteiger partial charge in [0.15, 0.2) is 11.5 Å². The number of rotatable bonds is 4. The molecule has 2 aromatic rings. The third-order valence-electron chi connectivity index (χ3n) is 4.52. The fraction of sp³-hybridized carbons (Fsp3) is 0.238. The number of carbonyl (C=O) groups excluding carboxylic acids is 2. The highest BCUT2D eigenvalue weighted by atomic mass is 16.3. The van der Waals surface area contributed by atoms with Crippen molar-refractivity contribution in [2.24, 2.45) is 0 Å². The maximum atomic E-state index is 12.8. The van der Waals surface area contributed by atoms with Crippen LogP contribution in [0.3, 0.4) is 0 Å². The molecule has 0 radical (unpaired) electrons. The summed E-state index contributed by atoms with van der Waals surface area (Å²) in [6, 6.07) is 11.3. The van der Waals surface area contributed by atoms with Crippen LogP contribution in [0.4, 0.5) is 5.69 Å². The molecule has 0 aromatic heterocycles. The van der Waals surface area contributed by atoms with Crippen LogP contribution >= 0.6 is 0 Å². The number of Topliss-reactive ketones (excluding diaryl/α,β-unsaturated/α-hetero) is 1. The molecule has 1 unspecified atom stereocenters. The van der Waals surface area contributed by atoms with Crippen molar-refractivity contribution in [3.05, 3.63) is 70.5 Å². The van der Waals surface area contributed by atoms with Crippen molar-refractivity contribution in [1.29, 1.82) is 0 Å². The molecule has 0 aliphatic carbocycles. The molecule has 2 N–H and O–H groups in total. The van der Waals surface area contributed by atoms with Crippen LogP contribution in [0.5, 0.6) is 5.75 Å². The molecule has 26 heavy (non-hydrogen) atoms. The van der Waals surface area contributed by atoms with E-state index in [1.165, 1.54) is 17.0 Å². The number of aromatic hydroxyl groups is 1. The van der Waals surface area contributed by atoms with E-state index in [1.807, 2.05) is 32.0 Å². The SMILES string of the molecule is CCC(=O)C1=C(O)C(=O)N(c2cc(C)cc(C)c2)C1c1ccc(O)cc1. The summed E-state index contributed by atoms with van der Waals surface area (Å²) in [6.45, 7) is 5.55. The van der Waals surface area contributed by atoms with Crippen LogP contribution < -0.4 is 4.90 Å². The molecular weight excluding hydrogens is 330 g/mol. The summed E-state index contributed by atoms with van der Waals surface area (Å²) in [5.74, 6) is -1.28. The number of aliphatic hydroxyl groups is 1. The number of benzene rings is 2. The van der Waals surface area contributed by atoms with Gasteiger partial charge in [0.25, 0.3) is 5.91 Å². The molecule has 0 fully saturated rings. The van der Waals surface area contributed by atoms with E-state index in [0.717, 1.165) is 11.1 Å². The largest absolute Gasteiger partial charge is 0.508 e. The molecule has 1 aliphatic heterocycles. The first-order chi connectivity index (χ1) is 12.3. The smallest absolute Gasteiger partial charge is 0.294 e. The third kappa shape index (κ3) is 2.96. The molecule has 1 amide bonds. The molecule has 2 aromatic carbocycles. The van der Waals surface area contributed by atoms with Crippen LogP contribution in [0.1, 0.15) is 36.1 Å². The molecule has 0 spiro atoms. The zero-order valence-corrected chi connectivity index (χ0v) is 15.0. The lowest BCUT2D eigenvalue weighted by molar-refractivity contribution is -0.118. The number of nitrogens with zero attached hydrogens (tertiary/aromatic N) is 1. The Labute approximate surface area is 152 Å². The second kappa shape index (κ2) is 6.67. The first-order valence-electron chi connectivity index (χ1n) is 8.50. The van der Waals surface area contributed by atoms with E-state index in [2.05, 4.69) is 0 Å². The van der Waals surface area contributed by atoms with Crippen molar-refractivity contribution < 1.29 is 19.8 Å². The van der Waals surface area contributed by atoms with Crippen LogP contribution in [-0.4, -0.2) is 21.9 Å². The summed E-state index contributed by atoms with van der Waals surface area (Å²) in [6.07, 6.45) is 0.182. The summed E-state index contributed by atoms with van der Waals surface area (Å²) >= 11 is 0. The summed E-state index contributed by atoms with van der Waals surface area (Å²) in [4.78, 5) is 26.8. The van der Waals surface area contributed by atoms with Crippen molar-refractivity contribution in [2.45, 2.75) is 33.2 Å². The molecule has 0 bridgehead atoms. The fourth-order valence-electron chi connectivity index (χ4n) is 3.41. The number of phenols is 1. The maximum absolute atomic E-state index is 12.8. The minimum atomic E-state index is -0.725. The van der Waals surface area contributed by atoms with Gasteiger partial charge in [-0.1, -0.05) is 25.1 Å². The van der Waals surface area contributed by atoms with Crippen molar-refractivity contribution in [1.82, 2.24) is 0 Å². The number of hydrogen-bond acceptors (Lipinski definition) is 4. The number of amides is 1. The van der Waals surface area contributed by atoms with E-state index >= 15 is 0 Å².